The standard InChI is InChI=1S/C12H19NOS/c1-8-5-7-15-12(8)9(2)13-11-4-6-14-10(11)3/h5,7,9-11,13H,4,6H2,1-3H3. The maximum absolute atomic E-state index is 5.55. The first-order valence-corrected chi connectivity index (χ1v) is 6.48. The van der Waals surface area contributed by atoms with Gasteiger partial charge >= 0.3 is 0 Å². The molecule has 1 saturated heterocycles. The molecule has 0 aliphatic carbocycles. The van der Waals surface area contributed by atoms with Crippen LogP contribution in [0.5, 0.6) is 0 Å². The van der Waals surface area contributed by atoms with E-state index in [4.69, 9.17) is 4.74 Å². The third-order valence-corrected chi connectivity index (χ3v) is 4.34. The molecular weight excluding hydrogens is 206 g/mol. The summed E-state index contributed by atoms with van der Waals surface area (Å²) >= 11 is 1.84. The summed E-state index contributed by atoms with van der Waals surface area (Å²) in [6.07, 6.45) is 1.49. The Morgan fingerprint density at radius 1 is 1.60 bits per heavy atom. The molecule has 2 heterocycles. The van der Waals surface area contributed by atoms with Crippen LogP contribution in [0.3, 0.4) is 0 Å². The van der Waals surface area contributed by atoms with E-state index < -0.39 is 0 Å². The molecule has 3 atom stereocenters. The number of rotatable bonds is 3. The van der Waals surface area contributed by atoms with Gasteiger partial charge in [-0.1, -0.05) is 0 Å². The topological polar surface area (TPSA) is 21.3 Å². The van der Waals surface area contributed by atoms with E-state index in [-0.39, 0.29) is 0 Å². The molecule has 3 heteroatoms. The Hall–Kier alpha value is -0.380. The van der Waals surface area contributed by atoms with Gasteiger partial charge in [0.1, 0.15) is 0 Å². The molecule has 1 N–H and O–H groups in total. The molecule has 0 aromatic carbocycles. The number of hydrogen-bond donors (Lipinski definition) is 1. The molecule has 0 amide bonds. The van der Waals surface area contributed by atoms with E-state index in [0.29, 0.717) is 18.2 Å². The zero-order valence-corrected chi connectivity index (χ0v) is 10.4. The van der Waals surface area contributed by atoms with Gasteiger partial charge in [-0.2, -0.15) is 0 Å². The lowest BCUT2D eigenvalue weighted by Gasteiger charge is -2.21. The zero-order chi connectivity index (χ0) is 10.8. The fourth-order valence-electron chi connectivity index (χ4n) is 2.18. The predicted molar refractivity (Wildman–Crippen MR) is 64.4 cm³/mol. The maximum atomic E-state index is 5.55. The molecular formula is C12H19NOS. The van der Waals surface area contributed by atoms with Crippen LogP contribution in [0.25, 0.3) is 0 Å². The first-order chi connectivity index (χ1) is 7.18. The largest absolute Gasteiger partial charge is 0.377 e. The van der Waals surface area contributed by atoms with Gasteiger partial charge in [0.25, 0.3) is 0 Å². The lowest BCUT2D eigenvalue weighted by atomic mass is 10.1. The molecule has 0 spiro atoms. The highest BCUT2D eigenvalue weighted by atomic mass is 32.1. The Bertz CT molecular complexity index is 323. The van der Waals surface area contributed by atoms with Crippen LogP contribution in [-0.4, -0.2) is 18.8 Å². The SMILES string of the molecule is Cc1ccsc1C(C)NC1CCOC1C. The van der Waals surface area contributed by atoms with Crippen LogP contribution < -0.4 is 5.32 Å². The maximum Gasteiger partial charge on any atom is 0.0700 e. The fourth-order valence-corrected chi connectivity index (χ4v) is 3.12. The summed E-state index contributed by atoms with van der Waals surface area (Å²) < 4.78 is 5.55. The first kappa shape index (κ1) is 11.1. The minimum atomic E-state index is 0.354. The van der Waals surface area contributed by atoms with Crippen molar-refractivity contribution in [1.29, 1.82) is 0 Å². The van der Waals surface area contributed by atoms with Crippen LogP contribution in [0.1, 0.15) is 36.8 Å². The van der Waals surface area contributed by atoms with E-state index in [9.17, 15) is 0 Å². The Kier molecular flexibility index (Phi) is 3.44. The second kappa shape index (κ2) is 4.64. The third kappa shape index (κ3) is 2.41. The van der Waals surface area contributed by atoms with Crippen molar-refractivity contribution in [2.45, 2.75) is 45.4 Å². The molecule has 84 valence electrons. The average Bonchev–Trinajstić information content (AvgIpc) is 2.76. The van der Waals surface area contributed by atoms with Crippen molar-refractivity contribution in [3.05, 3.63) is 21.9 Å². The van der Waals surface area contributed by atoms with Crippen molar-refractivity contribution in [3.63, 3.8) is 0 Å². The van der Waals surface area contributed by atoms with Crippen LogP contribution in [0.15, 0.2) is 11.4 Å². The summed E-state index contributed by atoms with van der Waals surface area (Å²) in [7, 11) is 0. The number of ether oxygens (including phenoxy) is 1. The molecule has 3 unspecified atom stereocenters. The second-order valence-electron chi connectivity index (χ2n) is 4.33. The van der Waals surface area contributed by atoms with E-state index in [1.165, 1.54) is 10.4 Å². The highest BCUT2D eigenvalue weighted by molar-refractivity contribution is 7.10. The Morgan fingerprint density at radius 2 is 2.40 bits per heavy atom. The van der Waals surface area contributed by atoms with E-state index in [2.05, 4.69) is 37.5 Å². The zero-order valence-electron chi connectivity index (χ0n) is 9.62. The summed E-state index contributed by atoms with van der Waals surface area (Å²) in [5.74, 6) is 0. The van der Waals surface area contributed by atoms with Crippen molar-refractivity contribution < 1.29 is 4.74 Å². The van der Waals surface area contributed by atoms with Gasteiger partial charge in [-0.25, -0.2) is 0 Å². The van der Waals surface area contributed by atoms with Crippen molar-refractivity contribution >= 4 is 11.3 Å². The van der Waals surface area contributed by atoms with E-state index in [1.54, 1.807) is 0 Å². The molecule has 1 fully saturated rings. The van der Waals surface area contributed by atoms with Crippen molar-refractivity contribution in [1.82, 2.24) is 5.32 Å². The van der Waals surface area contributed by atoms with E-state index >= 15 is 0 Å². The van der Waals surface area contributed by atoms with Gasteiger partial charge < -0.3 is 10.1 Å². The molecule has 2 nitrogen and oxygen atoms in total. The van der Waals surface area contributed by atoms with Gasteiger partial charge in [0, 0.05) is 23.6 Å². The van der Waals surface area contributed by atoms with Crippen molar-refractivity contribution in [3.8, 4) is 0 Å². The third-order valence-electron chi connectivity index (χ3n) is 3.14. The summed E-state index contributed by atoms with van der Waals surface area (Å²) in [6.45, 7) is 7.47. The van der Waals surface area contributed by atoms with Gasteiger partial charge in [0.05, 0.1) is 6.10 Å². The highest BCUT2D eigenvalue weighted by Crippen LogP contribution is 2.25. The van der Waals surface area contributed by atoms with E-state index in [1.807, 2.05) is 11.3 Å². The molecule has 0 saturated carbocycles. The number of thiophene rings is 1. The smallest absolute Gasteiger partial charge is 0.0700 e. The van der Waals surface area contributed by atoms with Gasteiger partial charge in [0.15, 0.2) is 0 Å². The average molecular weight is 225 g/mol. The molecule has 15 heavy (non-hydrogen) atoms. The minimum absolute atomic E-state index is 0.354. The Balaban J connectivity index is 1.97. The predicted octanol–water partition coefficient (Wildman–Crippen LogP) is 2.88. The molecule has 1 aliphatic heterocycles. The first-order valence-electron chi connectivity index (χ1n) is 5.60. The number of hydrogen-bond acceptors (Lipinski definition) is 3. The Labute approximate surface area is 95.6 Å². The van der Waals surface area contributed by atoms with Gasteiger partial charge in [-0.3, -0.25) is 0 Å². The molecule has 0 bridgehead atoms. The minimum Gasteiger partial charge on any atom is -0.377 e. The fraction of sp³-hybridized carbons (Fsp3) is 0.667. The van der Waals surface area contributed by atoms with E-state index in [0.717, 1.165) is 13.0 Å². The molecule has 0 radical (unpaired) electrons. The molecule has 1 aromatic heterocycles. The molecule has 2 rings (SSSR count). The lowest BCUT2D eigenvalue weighted by molar-refractivity contribution is 0.111. The van der Waals surface area contributed by atoms with Crippen LogP contribution in [-0.2, 0) is 4.74 Å². The lowest BCUT2D eigenvalue weighted by Crippen LogP contribution is -2.36. The number of aryl methyl sites for hydroxylation is 1. The number of nitrogens with one attached hydrogen (secondary N) is 1. The van der Waals surface area contributed by atoms with Crippen LogP contribution >= 0.6 is 11.3 Å². The quantitative estimate of drug-likeness (QED) is 0.854. The monoisotopic (exact) mass is 225 g/mol. The normalized spacial score (nSPS) is 28.2. The summed E-state index contributed by atoms with van der Waals surface area (Å²) in [6, 6.07) is 3.15. The molecule has 1 aliphatic rings. The Morgan fingerprint density at radius 3 is 2.93 bits per heavy atom. The van der Waals surface area contributed by atoms with Crippen LogP contribution in [0.2, 0.25) is 0 Å². The van der Waals surface area contributed by atoms with Gasteiger partial charge in [0.2, 0.25) is 0 Å². The van der Waals surface area contributed by atoms with Crippen molar-refractivity contribution in [2.24, 2.45) is 0 Å². The van der Waals surface area contributed by atoms with Gasteiger partial charge in [-0.15, -0.1) is 11.3 Å². The second-order valence-corrected chi connectivity index (χ2v) is 5.27. The highest BCUT2D eigenvalue weighted by Gasteiger charge is 2.26. The molecule has 1 aromatic rings. The summed E-state index contributed by atoms with van der Waals surface area (Å²) in [4.78, 5) is 1.45. The summed E-state index contributed by atoms with van der Waals surface area (Å²) in [5.41, 5.74) is 1.39. The van der Waals surface area contributed by atoms with Crippen LogP contribution in [0.4, 0.5) is 0 Å². The van der Waals surface area contributed by atoms with Crippen LogP contribution in [0, 0.1) is 6.92 Å². The van der Waals surface area contributed by atoms with Gasteiger partial charge in [-0.05, 0) is 44.2 Å². The van der Waals surface area contributed by atoms with Crippen molar-refractivity contribution in [2.75, 3.05) is 6.61 Å². The summed E-state index contributed by atoms with van der Waals surface area (Å²) in [5, 5.41) is 5.82.